The molecule has 1 nitrogen and oxygen atoms in total. The molecule has 0 aliphatic heterocycles. The van der Waals surface area contributed by atoms with Crippen LogP contribution < -0.4 is 4.90 Å². The van der Waals surface area contributed by atoms with Crippen molar-refractivity contribution in [3.63, 3.8) is 0 Å². The SMILES string of the molecule is [B]C(I)(I)N(c1ccc(Br)cc1)C([B])(I)I. The van der Waals surface area contributed by atoms with Crippen molar-refractivity contribution in [3.05, 3.63) is 28.7 Å². The molecule has 1 aromatic rings. The van der Waals surface area contributed by atoms with Gasteiger partial charge in [0.1, 0.15) is 15.7 Å². The summed E-state index contributed by atoms with van der Waals surface area (Å²) in [5.41, 5.74) is 0.987. The van der Waals surface area contributed by atoms with Gasteiger partial charge in [-0.05, 0) is 24.3 Å². The van der Waals surface area contributed by atoms with Crippen molar-refractivity contribution in [1.82, 2.24) is 0 Å². The summed E-state index contributed by atoms with van der Waals surface area (Å²) >= 11 is 12.1. The molecule has 0 heterocycles. The van der Waals surface area contributed by atoms with Crippen LogP contribution in [0.2, 0.25) is 0 Å². The predicted octanol–water partition coefficient (Wildman–Crippen LogP) is 4.56. The molecule has 0 aromatic heterocycles. The molecule has 4 radical (unpaired) electrons. The van der Waals surface area contributed by atoms with E-state index in [0.717, 1.165) is 10.2 Å². The molecule has 8 heteroatoms. The molecule has 82 valence electrons. The van der Waals surface area contributed by atoms with E-state index in [1.54, 1.807) is 0 Å². The Hall–Kier alpha value is 2.55. The molecule has 0 aliphatic carbocycles. The van der Waals surface area contributed by atoms with Gasteiger partial charge >= 0.3 is 0 Å². The second-order valence-electron chi connectivity index (χ2n) is 2.99. The van der Waals surface area contributed by atoms with Crippen LogP contribution >= 0.6 is 106 Å². The minimum atomic E-state index is -0.583. The Kier molecular flexibility index (Phi) is 6.57. The number of hydrogen-bond acceptors (Lipinski definition) is 1. The molecule has 0 bridgehead atoms. The van der Waals surface area contributed by atoms with Crippen LogP contribution in [-0.2, 0) is 0 Å². The fraction of sp³-hybridized carbons (Fsp3) is 0.250. The third kappa shape index (κ3) is 4.91. The van der Waals surface area contributed by atoms with Crippen LogP contribution in [0.15, 0.2) is 28.7 Å². The van der Waals surface area contributed by atoms with E-state index in [2.05, 4.69) is 106 Å². The molecule has 0 amide bonds. The lowest BCUT2D eigenvalue weighted by atomic mass is 10.0. The Morgan fingerprint density at radius 2 is 1.31 bits per heavy atom. The zero-order chi connectivity index (χ0) is 12.6. The van der Waals surface area contributed by atoms with E-state index in [1.165, 1.54) is 0 Å². The summed E-state index contributed by atoms with van der Waals surface area (Å²) in [6.07, 6.45) is 0. The summed E-state index contributed by atoms with van der Waals surface area (Å²) in [6.45, 7) is 0. The quantitative estimate of drug-likeness (QED) is 0.192. The summed E-state index contributed by atoms with van der Waals surface area (Å²) in [5, 5.41) is 0. The third-order valence-corrected chi connectivity index (χ3v) is 4.14. The van der Waals surface area contributed by atoms with Gasteiger partial charge in [0.05, 0.1) is 2.90 Å². The first-order valence-electron chi connectivity index (χ1n) is 4.01. The first-order valence-corrected chi connectivity index (χ1v) is 9.12. The molecule has 1 rings (SSSR count). The molecule has 16 heavy (non-hydrogen) atoms. The molecule has 0 N–H and O–H groups in total. The second kappa shape index (κ2) is 6.33. The number of alkyl halides is 4. The van der Waals surface area contributed by atoms with Crippen molar-refractivity contribution in [3.8, 4) is 0 Å². The normalized spacial score (nSPS) is 12.6. The molecule has 0 atom stereocenters. The average Bonchev–Trinajstić information content (AvgIpc) is 2.03. The van der Waals surface area contributed by atoms with Gasteiger partial charge in [-0.15, -0.1) is 0 Å². The van der Waals surface area contributed by atoms with Crippen LogP contribution in [0, 0.1) is 0 Å². The number of hydrogen-bond donors (Lipinski definition) is 0. The van der Waals surface area contributed by atoms with E-state index in [0.29, 0.717) is 0 Å². The van der Waals surface area contributed by atoms with Crippen LogP contribution in [0.1, 0.15) is 0 Å². The molecule has 0 saturated heterocycles. The standard InChI is InChI=1S/C8H4B2BrI4N/c9-7(12,13)16(8(10,14)15)6-3-1-5(11)2-4-6/h1-4H. The van der Waals surface area contributed by atoms with Gasteiger partial charge in [0, 0.05) is 10.2 Å². The zero-order valence-corrected chi connectivity index (χ0v) is 18.0. The van der Waals surface area contributed by atoms with Gasteiger partial charge in [-0.1, -0.05) is 106 Å². The lowest BCUT2D eigenvalue weighted by molar-refractivity contribution is 0.974. The molecule has 0 spiro atoms. The minimum Gasteiger partial charge on any atom is -0.342 e. The molecule has 0 aliphatic rings. The summed E-state index contributed by atoms with van der Waals surface area (Å²) < 4.78 is -0.133. The molecular formula is C8H4B2BrI4N. The summed E-state index contributed by atoms with van der Waals surface area (Å²) in [7, 11) is 12.3. The van der Waals surface area contributed by atoms with Gasteiger partial charge in [0.25, 0.3) is 0 Å². The van der Waals surface area contributed by atoms with Gasteiger partial charge in [0.15, 0.2) is 0 Å². The number of halogens is 5. The zero-order valence-electron chi connectivity index (χ0n) is 7.80. The number of rotatable bonds is 3. The Morgan fingerprint density at radius 1 is 0.938 bits per heavy atom. The summed E-state index contributed by atoms with van der Waals surface area (Å²) in [5.74, 6) is 0. The summed E-state index contributed by atoms with van der Waals surface area (Å²) in [4.78, 5) is 1.95. The van der Waals surface area contributed by atoms with Gasteiger partial charge in [-0.2, -0.15) is 0 Å². The van der Waals surface area contributed by atoms with Crippen molar-refractivity contribution < 1.29 is 0 Å². The Labute approximate surface area is 161 Å². The summed E-state index contributed by atoms with van der Waals surface area (Å²) in [6, 6.07) is 7.92. The first kappa shape index (κ1) is 16.6. The van der Waals surface area contributed by atoms with E-state index in [9.17, 15) is 0 Å². The average molecular weight is 723 g/mol. The fourth-order valence-electron chi connectivity index (χ4n) is 1.13. The van der Waals surface area contributed by atoms with Gasteiger partial charge < -0.3 is 4.90 Å². The monoisotopic (exact) mass is 723 g/mol. The molecule has 0 fully saturated rings. The largest absolute Gasteiger partial charge is 0.342 e. The van der Waals surface area contributed by atoms with Crippen molar-refractivity contribution in [1.29, 1.82) is 0 Å². The molecular weight excluding hydrogens is 719 g/mol. The van der Waals surface area contributed by atoms with Crippen molar-refractivity contribution in [2.24, 2.45) is 0 Å². The Balaban J connectivity index is 3.18. The highest BCUT2D eigenvalue weighted by Gasteiger charge is 2.35. The number of benzene rings is 1. The van der Waals surface area contributed by atoms with Crippen LogP contribution in [0.4, 0.5) is 5.69 Å². The van der Waals surface area contributed by atoms with Crippen molar-refractivity contribution in [2.45, 2.75) is 2.90 Å². The highest BCUT2D eigenvalue weighted by molar-refractivity contribution is 14.2. The maximum absolute atomic E-state index is 6.13. The van der Waals surface area contributed by atoms with Crippen LogP contribution in [-0.4, -0.2) is 18.6 Å². The van der Waals surface area contributed by atoms with Crippen LogP contribution in [0.3, 0.4) is 0 Å². The Bertz CT molecular complexity index is 346. The Morgan fingerprint density at radius 3 is 1.62 bits per heavy atom. The minimum absolute atomic E-state index is 0.583. The lowest BCUT2D eigenvalue weighted by Crippen LogP contribution is -2.49. The third-order valence-electron chi connectivity index (χ3n) is 1.68. The van der Waals surface area contributed by atoms with E-state index < -0.39 is 2.90 Å². The maximum Gasteiger partial charge on any atom is 0.134 e. The molecule has 0 saturated carbocycles. The van der Waals surface area contributed by atoms with Gasteiger partial charge in [-0.25, -0.2) is 0 Å². The van der Waals surface area contributed by atoms with E-state index in [-0.39, 0.29) is 0 Å². The predicted molar refractivity (Wildman–Crippen MR) is 110 cm³/mol. The smallest absolute Gasteiger partial charge is 0.134 e. The molecule has 0 unspecified atom stereocenters. The van der Waals surface area contributed by atoms with E-state index >= 15 is 0 Å². The topological polar surface area (TPSA) is 3.24 Å². The highest BCUT2D eigenvalue weighted by atomic mass is 127. The maximum atomic E-state index is 6.13. The van der Waals surface area contributed by atoms with E-state index in [4.69, 9.17) is 15.7 Å². The van der Waals surface area contributed by atoms with Crippen LogP contribution in [0.25, 0.3) is 0 Å². The van der Waals surface area contributed by atoms with Crippen molar-refractivity contribution in [2.75, 3.05) is 4.90 Å². The van der Waals surface area contributed by atoms with E-state index in [1.807, 2.05) is 29.2 Å². The molecule has 1 aromatic carbocycles. The van der Waals surface area contributed by atoms with Gasteiger partial charge in [0.2, 0.25) is 0 Å². The fourth-order valence-corrected chi connectivity index (χ4v) is 5.88. The highest BCUT2D eigenvalue weighted by Crippen LogP contribution is 2.43. The number of anilines is 1. The second-order valence-corrected chi connectivity index (χ2v) is 14.6. The van der Waals surface area contributed by atoms with Crippen molar-refractivity contribution >= 4 is 128 Å². The first-order chi connectivity index (χ1) is 7.12. The number of nitrogens with zero attached hydrogens (tertiary/aromatic N) is 1. The van der Waals surface area contributed by atoms with Crippen LogP contribution in [0.5, 0.6) is 0 Å². The van der Waals surface area contributed by atoms with Gasteiger partial charge in [-0.3, -0.25) is 0 Å². The lowest BCUT2D eigenvalue weighted by Gasteiger charge is -2.43.